The van der Waals surface area contributed by atoms with Gasteiger partial charge in [0.05, 0.1) is 13.5 Å². The first-order valence-electron chi connectivity index (χ1n) is 8.28. The van der Waals surface area contributed by atoms with Crippen molar-refractivity contribution in [3.63, 3.8) is 0 Å². The van der Waals surface area contributed by atoms with E-state index in [2.05, 4.69) is 25.5 Å². The Balaban J connectivity index is 4.03. The standard InChI is InChI=1S/C17H34O4S2/c1-7-16(2,3)8-10-22(19)12-13-23(20)11-9-17(4,5)14-15(18)21-6/h7-14H2,1-6H3. The minimum absolute atomic E-state index is 0.215. The van der Waals surface area contributed by atoms with Crippen molar-refractivity contribution in [2.24, 2.45) is 10.8 Å². The second-order valence-corrected chi connectivity index (χ2v) is 11.0. The summed E-state index contributed by atoms with van der Waals surface area (Å²) in [7, 11) is -0.486. The van der Waals surface area contributed by atoms with Gasteiger partial charge in [-0.25, -0.2) is 0 Å². The highest BCUT2D eigenvalue weighted by Gasteiger charge is 2.23. The van der Waals surface area contributed by atoms with Crippen LogP contribution in [0.15, 0.2) is 0 Å². The van der Waals surface area contributed by atoms with E-state index in [0.29, 0.717) is 35.9 Å². The van der Waals surface area contributed by atoms with E-state index in [1.165, 1.54) is 7.11 Å². The Hall–Kier alpha value is -0.230. The zero-order chi connectivity index (χ0) is 18.1. The van der Waals surface area contributed by atoms with Gasteiger partial charge < -0.3 is 4.74 Å². The number of carbonyl (C=O) groups is 1. The Morgan fingerprint density at radius 2 is 1.30 bits per heavy atom. The molecule has 0 saturated carbocycles. The minimum Gasteiger partial charge on any atom is -0.469 e. The van der Waals surface area contributed by atoms with E-state index in [1.807, 2.05) is 13.8 Å². The summed E-state index contributed by atoms with van der Waals surface area (Å²) in [5.74, 6) is 1.98. The lowest BCUT2D eigenvalue weighted by molar-refractivity contribution is -0.142. The third-order valence-corrected chi connectivity index (χ3v) is 7.26. The zero-order valence-corrected chi connectivity index (χ0v) is 17.2. The summed E-state index contributed by atoms with van der Waals surface area (Å²) >= 11 is 0. The van der Waals surface area contributed by atoms with Gasteiger partial charge in [-0.15, -0.1) is 0 Å². The molecule has 0 aromatic rings. The van der Waals surface area contributed by atoms with Gasteiger partial charge in [-0.05, 0) is 23.7 Å². The monoisotopic (exact) mass is 366 g/mol. The molecule has 23 heavy (non-hydrogen) atoms. The number of rotatable bonds is 12. The van der Waals surface area contributed by atoms with E-state index in [1.54, 1.807) is 0 Å². The maximum Gasteiger partial charge on any atom is 0.306 e. The van der Waals surface area contributed by atoms with Crippen LogP contribution in [0.25, 0.3) is 0 Å². The van der Waals surface area contributed by atoms with E-state index in [4.69, 9.17) is 0 Å². The third-order valence-electron chi connectivity index (χ3n) is 4.36. The van der Waals surface area contributed by atoms with Crippen molar-refractivity contribution >= 4 is 27.6 Å². The molecule has 0 fully saturated rings. The van der Waals surface area contributed by atoms with E-state index in [9.17, 15) is 13.2 Å². The van der Waals surface area contributed by atoms with Gasteiger partial charge in [0.2, 0.25) is 0 Å². The minimum atomic E-state index is -0.976. The molecule has 0 aromatic heterocycles. The number of ether oxygens (including phenoxy) is 1. The van der Waals surface area contributed by atoms with Crippen LogP contribution >= 0.6 is 0 Å². The second-order valence-electron chi connectivity index (χ2n) is 7.63. The highest BCUT2D eigenvalue weighted by Crippen LogP contribution is 2.26. The quantitative estimate of drug-likeness (QED) is 0.497. The van der Waals surface area contributed by atoms with Crippen LogP contribution in [0.5, 0.6) is 0 Å². The molecule has 2 unspecified atom stereocenters. The van der Waals surface area contributed by atoms with Gasteiger partial charge in [0.25, 0.3) is 0 Å². The average molecular weight is 367 g/mol. The SMILES string of the molecule is CCC(C)(C)CCS(=O)CCS(=O)CCC(C)(C)CC(=O)OC. The topological polar surface area (TPSA) is 60.4 Å². The highest BCUT2D eigenvalue weighted by molar-refractivity contribution is 7.88. The van der Waals surface area contributed by atoms with Gasteiger partial charge in [0.15, 0.2) is 0 Å². The van der Waals surface area contributed by atoms with Crippen molar-refractivity contribution in [3.05, 3.63) is 0 Å². The van der Waals surface area contributed by atoms with Crippen LogP contribution in [0.3, 0.4) is 0 Å². The van der Waals surface area contributed by atoms with Crippen LogP contribution in [0, 0.1) is 10.8 Å². The molecular weight excluding hydrogens is 332 g/mol. The molecule has 0 amide bonds. The highest BCUT2D eigenvalue weighted by atomic mass is 32.2. The van der Waals surface area contributed by atoms with Crippen LogP contribution in [0.1, 0.15) is 60.3 Å². The number of esters is 1. The third kappa shape index (κ3) is 11.9. The number of hydrogen-bond acceptors (Lipinski definition) is 4. The van der Waals surface area contributed by atoms with Gasteiger partial charge in [-0.2, -0.15) is 0 Å². The summed E-state index contributed by atoms with van der Waals surface area (Å²) in [5, 5.41) is 0. The van der Waals surface area contributed by atoms with Gasteiger partial charge in [-0.1, -0.05) is 41.0 Å². The maximum absolute atomic E-state index is 12.1. The maximum atomic E-state index is 12.1. The lowest BCUT2D eigenvalue weighted by Crippen LogP contribution is -2.22. The van der Waals surface area contributed by atoms with Crippen molar-refractivity contribution in [1.29, 1.82) is 0 Å². The van der Waals surface area contributed by atoms with Crippen LogP contribution in [-0.2, 0) is 31.1 Å². The second kappa shape index (κ2) is 10.6. The van der Waals surface area contributed by atoms with Crippen LogP contribution in [0.4, 0.5) is 0 Å². The summed E-state index contributed by atoms with van der Waals surface area (Å²) in [6.07, 6.45) is 3.04. The van der Waals surface area contributed by atoms with Gasteiger partial charge in [0.1, 0.15) is 0 Å². The number of carbonyl (C=O) groups excluding carboxylic acids is 1. The molecule has 138 valence electrons. The summed E-state index contributed by atoms with van der Waals surface area (Å²) in [6, 6.07) is 0. The Bertz CT molecular complexity index is 417. The average Bonchev–Trinajstić information content (AvgIpc) is 2.48. The van der Waals surface area contributed by atoms with Crippen molar-refractivity contribution in [2.45, 2.75) is 60.3 Å². The van der Waals surface area contributed by atoms with Crippen LogP contribution in [-0.4, -0.2) is 44.5 Å². The summed E-state index contributed by atoms with van der Waals surface area (Å²) < 4.78 is 28.8. The lowest BCUT2D eigenvalue weighted by atomic mass is 9.86. The van der Waals surface area contributed by atoms with Crippen LogP contribution < -0.4 is 0 Å². The fraction of sp³-hybridized carbons (Fsp3) is 0.941. The van der Waals surface area contributed by atoms with Gasteiger partial charge in [0, 0.05) is 44.6 Å². The zero-order valence-electron chi connectivity index (χ0n) is 15.6. The van der Waals surface area contributed by atoms with E-state index in [-0.39, 0.29) is 16.8 Å². The van der Waals surface area contributed by atoms with Crippen molar-refractivity contribution in [3.8, 4) is 0 Å². The smallest absolute Gasteiger partial charge is 0.306 e. The van der Waals surface area contributed by atoms with E-state index in [0.717, 1.165) is 12.8 Å². The Morgan fingerprint density at radius 1 is 0.870 bits per heavy atom. The summed E-state index contributed by atoms with van der Waals surface area (Å²) in [5.41, 5.74) is 0.0137. The fourth-order valence-electron chi connectivity index (χ4n) is 1.90. The van der Waals surface area contributed by atoms with E-state index >= 15 is 0 Å². The first kappa shape index (κ1) is 22.8. The molecule has 4 nitrogen and oxygen atoms in total. The van der Waals surface area contributed by atoms with Crippen molar-refractivity contribution in [2.75, 3.05) is 30.1 Å². The summed E-state index contributed by atoms with van der Waals surface area (Å²) in [4.78, 5) is 11.3. The number of methoxy groups -OCH3 is 1. The normalized spacial score (nSPS) is 15.2. The molecular formula is C17H34O4S2. The molecule has 0 heterocycles. The first-order valence-corrected chi connectivity index (χ1v) is 11.3. The molecule has 0 bridgehead atoms. The van der Waals surface area contributed by atoms with Crippen LogP contribution in [0.2, 0.25) is 0 Å². The molecule has 0 saturated heterocycles. The van der Waals surface area contributed by atoms with Crippen molar-refractivity contribution in [1.82, 2.24) is 0 Å². The molecule has 0 aliphatic carbocycles. The van der Waals surface area contributed by atoms with Gasteiger partial charge >= 0.3 is 5.97 Å². The molecule has 2 atom stereocenters. The molecule has 0 spiro atoms. The van der Waals surface area contributed by atoms with Gasteiger partial charge in [-0.3, -0.25) is 13.2 Å². The summed E-state index contributed by atoms with van der Waals surface area (Å²) in [6.45, 7) is 10.5. The van der Waals surface area contributed by atoms with Crippen molar-refractivity contribution < 1.29 is 17.9 Å². The molecule has 0 aromatic carbocycles. The predicted octanol–water partition coefficient (Wildman–Crippen LogP) is 3.29. The Kier molecular flexibility index (Phi) is 10.5. The number of hydrogen-bond donors (Lipinski definition) is 0. The molecule has 0 aliphatic rings. The molecule has 0 aliphatic heterocycles. The molecule has 6 heteroatoms. The Labute approximate surface area is 147 Å². The predicted molar refractivity (Wildman–Crippen MR) is 99.5 cm³/mol. The molecule has 0 N–H and O–H groups in total. The largest absolute Gasteiger partial charge is 0.469 e. The van der Waals surface area contributed by atoms with E-state index < -0.39 is 21.6 Å². The Morgan fingerprint density at radius 3 is 1.70 bits per heavy atom. The molecule has 0 radical (unpaired) electrons. The molecule has 0 rings (SSSR count). The lowest BCUT2D eigenvalue weighted by Gasteiger charge is -2.23. The first-order chi connectivity index (χ1) is 10.5. The fourth-order valence-corrected chi connectivity index (χ4v) is 5.35.